The number of likely N-dealkylation sites (tertiary alicyclic amines) is 1. The third kappa shape index (κ3) is 4.97. The Balaban J connectivity index is 1.41. The fraction of sp³-hybridized carbons (Fsp3) is 0.300. The van der Waals surface area contributed by atoms with Crippen LogP contribution in [0.4, 0.5) is 10.8 Å². The molecule has 168 valence electrons. The van der Waals surface area contributed by atoms with Crippen LogP contribution < -0.4 is 10.0 Å². The highest BCUT2D eigenvalue weighted by atomic mass is 32.2. The van der Waals surface area contributed by atoms with Crippen LogP contribution in [0.5, 0.6) is 0 Å². The van der Waals surface area contributed by atoms with E-state index in [9.17, 15) is 18.0 Å². The number of amides is 2. The number of nitrogens with zero attached hydrogens (tertiary/aromatic N) is 3. The summed E-state index contributed by atoms with van der Waals surface area (Å²) >= 11 is 2.34. The highest BCUT2D eigenvalue weighted by Crippen LogP contribution is 2.28. The van der Waals surface area contributed by atoms with Crippen molar-refractivity contribution < 1.29 is 18.0 Å². The van der Waals surface area contributed by atoms with Gasteiger partial charge in [0, 0.05) is 24.7 Å². The zero-order chi connectivity index (χ0) is 22.7. The van der Waals surface area contributed by atoms with Gasteiger partial charge in [-0.15, -0.1) is 21.5 Å². The van der Waals surface area contributed by atoms with E-state index in [1.807, 2.05) is 19.1 Å². The van der Waals surface area contributed by atoms with Gasteiger partial charge in [0.1, 0.15) is 15.3 Å². The van der Waals surface area contributed by atoms with E-state index in [1.165, 1.54) is 22.9 Å². The normalized spacial score (nSPS) is 14.8. The van der Waals surface area contributed by atoms with Crippen molar-refractivity contribution >= 4 is 55.3 Å². The summed E-state index contributed by atoms with van der Waals surface area (Å²) in [4.78, 5) is 27.2. The number of carbonyl (C=O) groups is 2. The molecule has 0 unspecified atom stereocenters. The summed E-state index contributed by atoms with van der Waals surface area (Å²) in [6.07, 6.45) is 0.983. The van der Waals surface area contributed by atoms with Gasteiger partial charge >= 0.3 is 0 Å². The highest BCUT2D eigenvalue weighted by molar-refractivity contribution is 7.93. The summed E-state index contributed by atoms with van der Waals surface area (Å²) in [6.45, 7) is 2.66. The quantitative estimate of drug-likeness (QED) is 0.546. The zero-order valence-corrected chi connectivity index (χ0v) is 19.6. The number of aryl methyl sites for hydroxylation is 1. The van der Waals surface area contributed by atoms with E-state index in [-0.39, 0.29) is 27.5 Å². The molecule has 0 atom stereocenters. The second kappa shape index (κ2) is 9.35. The van der Waals surface area contributed by atoms with Crippen LogP contribution >= 0.6 is 22.7 Å². The maximum Gasteiger partial charge on any atom is 0.265 e. The van der Waals surface area contributed by atoms with Crippen LogP contribution in [0.25, 0.3) is 0 Å². The van der Waals surface area contributed by atoms with Crippen LogP contribution in [0.15, 0.2) is 46.1 Å². The molecule has 1 aromatic carbocycles. The Bertz CT molecular complexity index is 1200. The van der Waals surface area contributed by atoms with Gasteiger partial charge in [-0.05, 0) is 43.3 Å². The standard InChI is InChI=1S/C20H21N5O4S3/c1-13-2-4-15(5-3-13)24-32(28,29)16-8-11-30-17(16)19(27)25-9-6-14(7-10-25)18(26)22-20-23-21-12-31-20/h2-5,8,11-12,14,24H,6-7,9-10H2,1H3,(H,22,23,26). The van der Waals surface area contributed by atoms with Gasteiger partial charge in [-0.25, -0.2) is 8.42 Å². The molecule has 1 saturated heterocycles. The van der Waals surface area contributed by atoms with E-state index in [1.54, 1.807) is 22.4 Å². The minimum atomic E-state index is -3.91. The van der Waals surface area contributed by atoms with E-state index >= 15 is 0 Å². The zero-order valence-electron chi connectivity index (χ0n) is 17.1. The summed E-state index contributed by atoms with van der Waals surface area (Å²) < 4.78 is 28.4. The fourth-order valence-electron chi connectivity index (χ4n) is 3.42. The molecule has 3 heterocycles. The lowest BCUT2D eigenvalue weighted by atomic mass is 9.96. The number of nitrogens with one attached hydrogen (secondary N) is 2. The fourth-order valence-corrected chi connectivity index (χ4v) is 6.32. The molecule has 9 nitrogen and oxygen atoms in total. The molecule has 0 saturated carbocycles. The van der Waals surface area contributed by atoms with Crippen LogP contribution in [0, 0.1) is 12.8 Å². The van der Waals surface area contributed by atoms with Crippen molar-refractivity contribution in [2.24, 2.45) is 5.92 Å². The predicted molar refractivity (Wildman–Crippen MR) is 123 cm³/mol. The first-order chi connectivity index (χ1) is 15.3. The summed E-state index contributed by atoms with van der Waals surface area (Å²) in [5.74, 6) is -0.722. The number of benzene rings is 1. The van der Waals surface area contributed by atoms with Crippen LogP contribution in [-0.4, -0.2) is 48.4 Å². The maximum atomic E-state index is 13.1. The Morgan fingerprint density at radius 1 is 1.09 bits per heavy atom. The molecular weight excluding hydrogens is 470 g/mol. The van der Waals surface area contributed by atoms with Gasteiger partial charge < -0.3 is 10.2 Å². The summed E-state index contributed by atoms with van der Waals surface area (Å²) in [7, 11) is -3.91. The van der Waals surface area contributed by atoms with Gasteiger partial charge in [-0.3, -0.25) is 14.3 Å². The largest absolute Gasteiger partial charge is 0.338 e. The molecule has 0 spiro atoms. The predicted octanol–water partition coefficient (Wildman–Crippen LogP) is 3.20. The lowest BCUT2D eigenvalue weighted by molar-refractivity contribution is -0.121. The van der Waals surface area contributed by atoms with Crippen molar-refractivity contribution in [3.05, 3.63) is 51.7 Å². The topological polar surface area (TPSA) is 121 Å². The van der Waals surface area contributed by atoms with Crippen LogP contribution in [0.3, 0.4) is 0 Å². The molecule has 0 bridgehead atoms. The summed E-state index contributed by atoms with van der Waals surface area (Å²) in [6, 6.07) is 8.42. The van der Waals surface area contributed by atoms with Crippen LogP contribution in [0.1, 0.15) is 28.1 Å². The molecule has 1 aliphatic heterocycles. The molecule has 4 rings (SSSR count). The van der Waals surface area contributed by atoms with Crippen molar-refractivity contribution in [1.82, 2.24) is 15.1 Å². The van der Waals surface area contributed by atoms with Crippen molar-refractivity contribution in [2.75, 3.05) is 23.1 Å². The average Bonchev–Trinajstić information content (AvgIpc) is 3.47. The lowest BCUT2D eigenvalue weighted by Gasteiger charge is -2.31. The Morgan fingerprint density at radius 3 is 2.47 bits per heavy atom. The Labute approximate surface area is 193 Å². The number of carbonyl (C=O) groups excluding carboxylic acids is 2. The maximum absolute atomic E-state index is 13.1. The highest BCUT2D eigenvalue weighted by Gasteiger charge is 2.32. The van der Waals surface area contributed by atoms with Crippen molar-refractivity contribution in [2.45, 2.75) is 24.7 Å². The molecule has 12 heteroatoms. The van der Waals surface area contributed by atoms with E-state index in [0.717, 1.165) is 16.9 Å². The number of rotatable bonds is 6. The van der Waals surface area contributed by atoms with E-state index in [0.29, 0.717) is 36.8 Å². The number of anilines is 2. The number of piperidine rings is 1. The second-order valence-electron chi connectivity index (χ2n) is 7.39. The molecule has 3 aromatic rings. The van der Waals surface area contributed by atoms with Gasteiger partial charge in [0.15, 0.2) is 0 Å². The van der Waals surface area contributed by atoms with Crippen molar-refractivity contribution in [1.29, 1.82) is 0 Å². The van der Waals surface area contributed by atoms with Gasteiger partial charge in [0.2, 0.25) is 11.0 Å². The number of aromatic nitrogens is 2. The lowest BCUT2D eigenvalue weighted by Crippen LogP contribution is -2.41. The molecule has 2 amide bonds. The van der Waals surface area contributed by atoms with Crippen LogP contribution in [-0.2, 0) is 14.8 Å². The summed E-state index contributed by atoms with van der Waals surface area (Å²) in [5, 5.41) is 12.3. The third-order valence-corrected chi connectivity index (χ3v) is 8.22. The first-order valence-corrected chi connectivity index (χ1v) is 13.1. The smallest absolute Gasteiger partial charge is 0.265 e. The Morgan fingerprint density at radius 2 is 1.81 bits per heavy atom. The minimum Gasteiger partial charge on any atom is -0.338 e. The molecule has 1 aliphatic rings. The van der Waals surface area contributed by atoms with Crippen molar-refractivity contribution in [3.63, 3.8) is 0 Å². The molecule has 0 radical (unpaired) electrons. The monoisotopic (exact) mass is 491 g/mol. The number of hydrogen-bond donors (Lipinski definition) is 2. The Hall–Kier alpha value is -2.83. The van der Waals surface area contributed by atoms with Crippen LogP contribution in [0.2, 0.25) is 0 Å². The van der Waals surface area contributed by atoms with Gasteiger partial charge in [0.05, 0.1) is 0 Å². The van der Waals surface area contributed by atoms with Gasteiger partial charge in [0.25, 0.3) is 15.9 Å². The SMILES string of the molecule is Cc1ccc(NS(=O)(=O)c2ccsc2C(=O)N2CCC(C(=O)Nc3nncs3)CC2)cc1. The molecule has 32 heavy (non-hydrogen) atoms. The molecular formula is C20H21N5O4S3. The minimum absolute atomic E-state index is 0.0378. The van der Waals surface area contributed by atoms with E-state index in [4.69, 9.17) is 0 Å². The molecule has 1 fully saturated rings. The van der Waals surface area contributed by atoms with Crippen molar-refractivity contribution in [3.8, 4) is 0 Å². The molecule has 2 aromatic heterocycles. The third-order valence-electron chi connectivity index (χ3n) is 5.16. The number of thiophene rings is 1. The average molecular weight is 492 g/mol. The molecule has 2 N–H and O–H groups in total. The van der Waals surface area contributed by atoms with Gasteiger partial charge in [-0.2, -0.15) is 0 Å². The second-order valence-corrected chi connectivity index (χ2v) is 10.8. The summed E-state index contributed by atoms with van der Waals surface area (Å²) in [5.41, 5.74) is 2.99. The number of sulfonamides is 1. The molecule has 0 aliphatic carbocycles. The van der Waals surface area contributed by atoms with E-state index < -0.39 is 10.0 Å². The van der Waals surface area contributed by atoms with Gasteiger partial charge in [-0.1, -0.05) is 29.0 Å². The first-order valence-electron chi connectivity index (χ1n) is 9.87. The first kappa shape index (κ1) is 22.4. The Kier molecular flexibility index (Phi) is 6.53. The van der Waals surface area contributed by atoms with E-state index in [2.05, 4.69) is 20.2 Å². The number of hydrogen-bond acceptors (Lipinski definition) is 8.